The zero-order valence-corrected chi connectivity index (χ0v) is 5.52. The van der Waals surface area contributed by atoms with Crippen LogP contribution in [0.4, 0.5) is 0 Å². The van der Waals surface area contributed by atoms with Crippen LogP contribution in [0.3, 0.4) is 0 Å². The van der Waals surface area contributed by atoms with E-state index in [1.165, 1.54) is 6.92 Å². The van der Waals surface area contributed by atoms with Gasteiger partial charge >= 0.3 is 0 Å². The van der Waals surface area contributed by atoms with Crippen molar-refractivity contribution in [3.05, 3.63) is 0 Å². The van der Waals surface area contributed by atoms with Gasteiger partial charge in [0.2, 0.25) is 5.91 Å². The third-order valence-electron chi connectivity index (χ3n) is 1.29. The van der Waals surface area contributed by atoms with Crippen molar-refractivity contribution in [2.24, 2.45) is 0 Å². The van der Waals surface area contributed by atoms with E-state index in [-0.39, 0.29) is 12.1 Å². The fourth-order valence-electron chi connectivity index (χ4n) is 0.918. The summed E-state index contributed by atoms with van der Waals surface area (Å²) >= 11 is 0. The zero-order valence-electron chi connectivity index (χ0n) is 5.52. The topological polar surface area (TPSA) is 38.3 Å². The number of carbonyl (C=O) groups excluding carboxylic acids is 1. The highest BCUT2D eigenvalue weighted by molar-refractivity contribution is 5.72. The Bertz CT molecular complexity index is 108. The molecule has 1 saturated heterocycles. The van der Waals surface area contributed by atoms with Crippen molar-refractivity contribution in [2.75, 3.05) is 6.61 Å². The van der Waals surface area contributed by atoms with Crippen molar-refractivity contribution in [2.45, 2.75) is 26.0 Å². The molecule has 1 N–H and O–H groups in total. The predicted molar refractivity (Wildman–Crippen MR) is 32.8 cm³/mol. The molecule has 1 rings (SSSR count). The van der Waals surface area contributed by atoms with Crippen molar-refractivity contribution in [3.63, 3.8) is 0 Å². The second-order valence-corrected chi connectivity index (χ2v) is 2.20. The maximum Gasteiger partial charge on any atom is 0.218 e. The number of hydrogen-bond donors (Lipinski definition) is 1. The van der Waals surface area contributed by atoms with Crippen LogP contribution < -0.4 is 5.32 Å². The molecule has 52 valence electrons. The average Bonchev–Trinajstić information content (AvgIpc) is 2.15. The summed E-state index contributed by atoms with van der Waals surface area (Å²) in [5.41, 5.74) is 0. The monoisotopic (exact) mass is 129 g/mol. The standard InChI is InChI=1S/C6H11NO2/c1-5(8)7-6-3-2-4-9-6/h6H,2-4H2,1H3,(H,7,8). The van der Waals surface area contributed by atoms with Gasteiger partial charge in [0.1, 0.15) is 6.23 Å². The quantitative estimate of drug-likeness (QED) is 0.551. The van der Waals surface area contributed by atoms with Crippen LogP contribution in [0.5, 0.6) is 0 Å². The maximum atomic E-state index is 10.4. The summed E-state index contributed by atoms with van der Waals surface area (Å²) in [5.74, 6) is -0.0121. The molecule has 0 aromatic rings. The van der Waals surface area contributed by atoms with Crippen molar-refractivity contribution in [3.8, 4) is 0 Å². The lowest BCUT2D eigenvalue weighted by molar-refractivity contribution is -0.122. The van der Waals surface area contributed by atoms with Crippen molar-refractivity contribution >= 4 is 5.91 Å². The van der Waals surface area contributed by atoms with E-state index in [2.05, 4.69) is 5.32 Å². The van der Waals surface area contributed by atoms with E-state index >= 15 is 0 Å². The SMILES string of the molecule is CC(=O)NC1CCCO1. The molecular weight excluding hydrogens is 118 g/mol. The summed E-state index contributed by atoms with van der Waals surface area (Å²) in [4.78, 5) is 10.4. The molecular formula is C6H11NO2. The molecule has 0 aromatic heterocycles. The first-order valence-electron chi connectivity index (χ1n) is 3.18. The molecule has 0 bridgehead atoms. The van der Waals surface area contributed by atoms with E-state index in [1.54, 1.807) is 0 Å². The first kappa shape index (κ1) is 6.55. The molecule has 1 aliphatic rings. The van der Waals surface area contributed by atoms with Crippen LogP contribution in [0.1, 0.15) is 19.8 Å². The van der Waals surface area contributed by atoms with E-state index in [9.17, 15) is 4.79 Å². The smallest absolute Gasteiger partial charge is 0.218 e. The molecule has 1 aliphatic heterocycles. The van der Waals surface area contributed by atoms with Crippen LogP contribution in [0.15, 0.2) is 0 Å². The number of carbonyl (C=O) groups is 1. The lowest BCUT2D eigenvalue weighted by Crippen LogP contribution is -2.31. The lowest BCUT2D eigenvalue weighted by atomic mass is 10.3. The molecule has 3 nitrogen and oxygen atoms in total. The van der Waals surface area contributed by atoms with Crippen molar-refractivity contribution < 1.29 is 9.53 Å². The Kier molecular flexibility index (Phi) is 2.05. The second-order valence-electron chi connectivity index (χ2n) is 2.20. The molecule has 0 saturated carbocycles. The molecule has 9 heavy (non-hydrogen) atoms. The average molecular weight is 129 g/mol. The lowest BCUT2D eigenvalue weighted by Gasteiger charge is -2.08. The summed E-state index contributed by atoms with van der Waals surface area (Å²) in [6, 6.07) is 0. The summed E-state index contributed by atoms with van der Waals surface area (Å²) in [5, 5.41) is 2.68. The third kappa shape index (κ3) is 2.01. The highest BCUT2D eigenvalue weighted by atomic mass is 16.5. The molecule has 1 heterocycles. The molecule has 1 fully saturated rings. The zero-order chi connectivity index (χ0) is 6.69. The van der Waals surface area contributed by atoms with Gasteiger partial charge in [-0.05, 0) is 12.8 Å². The van der Waals surface area contributed by atoms with E-state index in [0.29, 0.717) is 0 Å². The third-order valence-corrected chi connectivity index (χ3v) is 1.29. The molecule has 0 radical (unpaired) electrons. The van der Waals surface area contributed by atoms with E-state index in [4.69, 9.17) is 4.74 Å². The van der Waals surface area contributed by atoms with Gasteiger partial charge in [-0.3, -0.25) is 4.79 Å². The van der Waals surface area contributed by atoms with Gasteiger partial charge in [0.25, 0.3) is 0 Å². The molecule has 0 aromatic carbocycles. The van der Waals surface area contributed by atoms with Gasteiger partial charge in [-0.15, -0.1) is 0 Å². The van der Waals surface area contributed by atoms with E-state index < -0.39 is 0 Å². The van der Waals surface area contributed by atoms with E-state index in [1.807, 2.05) is 0 Å². The largest absolute Gasteiger partial charge is 0.359 e. The number of hydrogen-bond acceptors (Lipinski definition) is 2. The Morgan fingerprint density at radius 1 is 1.78 bits per heavy atom. The second kappa shape index (κ2) is 2.82. The van der Waals surface area contributed by atoms with Gasteiger partial charge in [0.05, 0.1) is 0 Å². The van der Waals surface area contributed by atoms with Crippen LogP contribution in [-0.4, -0.2) is 18.7 Å². The van der Waals surface area contributed by atoms with Crippen LogP contribution in [0.25, 0.3) is 0 Å². The fraction of sp³-hybridized carbons (Fsp3) is 0.833. The molecule has 1 unspecified atom stereocenters. The highest BCUT2D eigenvalue weighted by Crippen LogP contribution is 2.08. The van der Waals surface area contributed by atoms with E-state index in [0.717, 1.165) is 19.4 Å². The molecule has 0 aliphatic carbocycles. The Balaban J connectivity index is 2.19. The number of amides is 1. The molecule has 1 atom stereocenters. The summed E-state index contributed by atoms with van der Waals surface area (Å²) in [6.07, 6.45) is 2.01. The van der Waals surface area contributed by atoms with Crippen molar-refractivity contribution in [1.29, 1.82) is 0 Å². The summed E-state index contributed by atoms with van der Waals surface area (Å²) in [6.45, 7) is 2.28. The minimum Gasteiger partial charge on any atom is -0.359 e. The van der Waals surface area contributed by atoms with Crippen LogP contribution in [-0.2, 0) is 9.53 Å². The Labute approximate surface area is 54.4 Å². The Morgan fingerprint density at radius 3 is 3.00 bits per heavy atom. The Morgan fingerprint density at radius 2 is 2.56 bits per heavy atom. The molecule has 3 heteroatoms. The van der Waals surface area contributed by atoms with Gasteiger partial charge in [-0.1, -0.05) is 0 Å². The highest BCUT2D eigenvalue weighted by Gasteiger charge is 2.14. The Hall–Kier alpha value is -0.570. The molecule has 1 amide bonds. The van der Waals surface area contributed by atoms with Gasteiger partial charge in [-0.2, -0.15) is 0 Å². The number of rotatable bonds is 1. The van der Waals surface area contributed by atoms with Gasteiger partial charge in [0, 0.05) is 13.5 Å². The number of nitrogens with one attached hydrogen (secondary N) is 1. The normalized spacial score (nSPS) is 26.1. The first-order chi connectivity index (χ1) is 4.29. The first-order valence-corrected chi connectivity index (χ1v) is 3.18. The number of ether oxygens (including phenoxy) is 1. The van der Waals surface area contributed by atoms with Crippen LogP contribution in [0, 0.1) is 0 Å². The van der Waals surface area contributed by atoms with Gasteiger partial charge in [-0.25, -0.2) is 0 Å². The van der Waals surface area contributed by atoms with Gasteiger partial charge < -0.3 is 10.1 Å². The maximum absolute atomic E-state index is 10.4. The van der Waals surface area contributed by atoms with Crippen LogP contribution >= 0.6 is 0 Å². The minimum atomic E-state index is -0.0121. The molecule has 0 spiro atoms. The van der Waals surface area contributed by atoms with Crippen molar-refractivity contribution in [1.82, 2.24) is 5.32 Å². The summed E-state index contributed by atoms with van der Waals surface area (Å²) < 4.78 is 5.13. The minimum absolute atomic E-state index is 0.0116. The predicted octanol–water partition coefficient (Wildman–Crippen LogP) is 0.259. The summed E-state index contributed by atoms with van der Waals surface area (Å²) in [7, 11) is 0. The van der Waals surface area contributed by atoms with Gasteiger partial charge in [0.15, 0.2) is 0 Å². The fourth-order valence-corrected chi connectivity index (χ4v) is 0.918. The van der Waals surface area contributed by atoms with Crippen LogP contribution in [0.2, 0.25) is 0 Å².